The zero-order valence-corrected chi connectivity index (χ0v) is 39.5. The predicted octanol–water partition coefficient (Wildman–Crippen LogP) is 18.0. The van der Waals surface area contributed by atoms with Crippen molar-refractivity contribution in [1.29, 1.82) is 0 Å². The maximum Gasteiger partial charge on any atom is 0.246 e. The first-order valence-corrected chi connectivity index (χ1v) is 24.4. The fraction of sp³-hybridized carbons (Fsp3) is 0.0597. The largest absolute Gasteiger partial charge is 0.436 e. The van der Waals surface area contributed by atoms with E-state index in [-0.39, 0.29) is 5.41 Å². The molecule has 0 unspecified atom stereocenters. The number of aromatic nitrogens is 3. The minimum atomic E-state index is -0.206. The molecule has 9 aromatic carbocycles. The van der Waals surface area contributed by atoms with Gasteiger partial charge in [0, 0.05) is 40.7 Å². The number of fused-ring (bicyclic) bond motifs is 19. The van der Waals surface area contributed by atoms with Crippen molar-refractivity contribution < 1.29 is 4.42 Å². The fourth-order valence-corrected chi connectivity index (χ4v) is 11.7. The Balaban J connectivity index is 0.960. The van der Waals surface area contributed by atoms with Crippen molar-refractivity contribution in [1.82, 2.24) is 15.0 Å². The molecule has 0 amide bonds. The van der Waals surface area contributed by atoms with E-state index in [0.717, 1.165) is 44.4 Å². The highest BCUT2D eigenvalue weighted by atomic mass is 16.3. The molecule has 0 spiro atoms. The standard InChI is InChI=1S/C67H45N3O/c1-67(2,3)62-43(23-12-24-44(62)41-29-33-55-57-27-14-34-68-63(57)56-22-11-10-18-49(56)48-17-6-9-21-52(48)61(55)38-41)40-28-31-53-54-32-30-42(45-25-13-26-58-64-66(71-65(45)58)70-36-35-69-64)39-60(54)51-20-8-5-16-47(51)46-15-4-7-19-50(46)59(53)37-40/h4-39H,1-3H3. The summed E-state index contributed by atoms with van der Waals surface area (Å²) in [6, 6.07) is 73.9. The summed E-state index contributed by atoms with van der Waals surface area (Å²) in [7, 11) is 0. The number of nitrogens with zero attached hydrogens (tertiary/aromatic N) is 3. The SMILES string of the molecule is CC(C)(C)c1c(-c2ccc3c(c2)-c2ccccc2-c2ccccc2-c2cc(-c4cccc5c4oc4nccnc45)ccc2-3)cccc1-c1ccc2c(c1)-c1ccccc1-c1ccccc1-c1ncccc1-2. The average molecular weight is 908 g/mol. The summed E-state index contributed by atoms with van der Waals surface area (Å²) in [4.78, 5) is 14.1. The summed E-state index contributed by atoms with van der Waals surface area (Å²) in [5, 5.41) is 0.959. The first kappa shape index (κ1) is 41.0. The molecule has 0 radical (unpaired) electrons. The third-order valence-electron chi connectivity index (χ3n) is 14.7. The van der Waals surface area contributed by atoms with Crippen LogP contribution in [0.3, 0.4) is 0 Å². The van der Waals surface area contributed by atoms with Crippen LogP contribution in [0.5, 0.6) is 0 Å². The van der Waals surface area contributed by atoms with Gasteiger partial charge >= 0.3 is 0 Å². The van der Waals surface area contributed by atoms with E-state index in [1.807, 2.05) is 6.20 Å². The number of para-hydroxylation sites is 1. The number of hydrogen-bond acceptors (Lipinski definition) is 4. The number of benzene rings is 9. The van der Waals surface area contributed by atoms with E-state index in [1.165, 1.54) is 100 Å². The third kappa shape index (κ3) is 6.41. The molecule has 0 saturated carbocycles. The van der Waals surface area contributed by atoms with Gasteiger partial charge in [-0.15, -0.1) is 0 Å². The molecule has 0 saturated heterocycles. The van der Waals surface area contributed by atoms with Crippen molar-refractivity contribution in [2.75, 3.05) is 0 Å². The van der Waals surface area contributed by atoms with Crippen molar-refractivity contribution in [3.63, 3.8) is 0 Å². The van der Waals surface area contributed by atoms with Gasteiger partial charge in [-0.05, 0) is 141 Å². The van der Waals surface area contributed by atoms with Crippen molar-refractivity contribution >= 4 is 22.2 Å². The van der Waals surface area contributed by atoms with E-state index in [1.54, 1.807) is 12.4 Å². The molecule has 0 aliphatic heterocycles. The quantitative estimate of drug-likeness (QED) is 0.177. The van der Waals surface area contributed by atoms with E-state index >= 15 is 0 Å². The van der Waals surface area contributed by atoms with Crippen molar-refractivity contribution in [2.45, 2.75) is 26.2 Å². The number of rotatable bonds is 3. The molecule has 0 N–H and O–H groups in total. The minimum Gasteiger partial charge on any atom is -0.436 e. The Kier molecular flexibility index (Phi) is 9.12. The van der Waals surface area contributed by atoms with Crippen LogP contribution in [0.15, 0.2) is 223 Å². The lowest BCUT2D eigenvalue weighted by Gasteiger charge is -2.29. The molecule has 4 heteroatoms. The summed E-state index contributed by atoms with van der Waals surface area (Å²) in [6.45, 7) is 7.05. The Bertz CT molecular complexity index is 4160. The van der Waals surface area contributed by atoms with Gasteiger partial charge in [0.25, 0.3) is 0 Å². The van der Waals surface area contributed by atoms with E-state index in [2.05, 4.69) is 231 Å². The summed E-state index contributed by atoms with van der Waals surface area (Å²) >= 11 is 0. The smallest absolute Gasteiger partial charge is 0.246 e. The van der Waals surface area contributed by atoms with Crippen LogP contribution in [0.25, 0.3) is 145 Å². The first-order chi connectivity index (χ1) is 34.9. The first-order valence-electron chi connectivity index (χ1n) is 24.4. The number of furan rings is 1. The van der Waals surface area contributed by atoms with E-state index < -0.39 is 0 Å². The van der Waals surface area contributed by atoms with Gasteiger partial charge in [-0.2, -0.15) is 0 Å². The number of pyridine rings is 1. The van der Waals surface area contributed by atoms with Crippen LogP contribution in [0.4, 0.5) is 0 Å². The van der Waals surface area contributed by atoms with Crippen LogP contribution in [0.1, 0.15) is 26.3 Å². The van der Waals surface area contributed by atoms with Gasteiger partial charge in [0.05, 0.1) is 5.69 Å². The number of hydrogen-bond donors (Lipinski definition) is 0. The summed E-state index contributed by atoms with van der Waals surface area (Å²) in [6.07, 6.45) is 5.32. The summed E-state index contributed by atoms with van der Waals surface area (Å²) in [5.74, 6) is 0. The molecule has 14 rings (SSSR count). The lowest BCUT2D eigenvalue weighted by molar-refractivity contribution is 0.593. The Labute approximate surface area is 412 Å². The highest BCUT2D eigenvalue weighted by Crippen LogP contribution is 2.52. The van der Waals surface area contributed by atoms with Crippen LogP contribution in [0, 0.1) is 0 Å². The monoisotopic (exact) mass is 907 g/mol. The maximum atomic E-state index is 6.42. The molecule has 2 aliphatic rings. The fourth-order valence-electron chi connectivity index (χ4n) is 11.7. The van der Waals surface area contributed by atoms with Crippen LogP contribution in [0.2, 0.25) is 0 Å². The molecular formula is C67H45N3O. The van der Waals surface area contributed by atoms with Crippen molar-refractivity contribution in [3.05, 3.63) is 224 Å². The molecule has 3 heterocycles. The van der Waals surface area contributed by atoms with Gasteiger partial charge in [0.2, 0.25) is 5.71 Å². The highest BCUT2D eigenvalue weighted by molar-refractivity contribution is 6.09. The van der Waals surface area contributed by atoms with Gasteiger partial charge in [-0.3, -0.25) is 4.98 Å². The molecule has 0 fully saturated rings. The van der Waals surface area contributed by atoms with Crippen LogP contribution in [-0.2, 0) is 5.41 Å². The summed E-state index contributed by atoms with van der Waals surface area (Å²) < 4.78 is 6.42. The van der Waals surface area contributed by atoms with Crippen molar-refractivity contribution in [3.8, 4) is 123 Å². The molecule has 2 aliphatic carbocycles. The molecule has 71 heavy (non-hydrogen) atoms. The zero-order chi connectivity index (χ0) is 47.4. The van der Waals surface area contributed by atoms with Gasteiger partial charge in [0.15, 0.2) is 0 Å². The van der Waals surface area contributed by atoms with Crippen LogP contribution >= 0.6 is 0 Å². The molecule has 0 atom stereocenters. The van der Waals surface area contributed by atoms with Gasteiger partial charge in [0.1, 0.15) is 11.1 Å². The molecule has 4 nitrogen and oxygen atoms in total. The second-order valence-electron chi connectivity index (χ2n) is 19.8. The van der Waals surface area contributed by atoms with E-state index in [4.69, 9.17) is 9.40 Å². The summed E-state index contributed by atoms with van der Waals surface area (Å²) in [5.41, 5.74) is 29.0. The Morgan fingerprint density at radius 3 is 1.24 bits per heavy atom. The normalized spacial score (nSPS) is 12.2. The molecular weight excluding hydrogens is 863 g/mol. The second kappa shape index (κ2) is 15.8. The van der Waals surface area contributed by atoms with Gasteiger partial charge < -0.3 is 4.42 Å². The van der Waals surface area contributed by atoms with Crippen LogP contribution in [-0.4, -0.2) is 15.0 Å². The maximum absolute atomic E-state index is 6.42. The van der Waals surface area contributed by atoms with E-state index in [9.17, 15) is 0 Å². The lowest BCUT2D eigenvalue weighted by Crippen LogP contribution is -2.15. The Hall–Kier alpha value is -8.99. The second-order valence-corrected chi connectivity index (χ2v) is 19.8. The van der Waals surface area contributed by atoms with Crippen molar-refractivity contribution in [2.24, 2.45) is 0 Å². The topological polar surface area (TPSA) is 51.8 Å². The van der Waals surface area contributed by atoms with Gasteiger partial charge in [-0.25, -0.2) is 9.97 Å². The Morgan fingerprint density at radius 2 is 0.704 bits per heavy atom. The van der Waals surface area contributed by atoms with Gasteiger partial charge in [-0.1, -0.05) is 191 Å². The molecule has 12 aromatic rings. The lowest BCUT2D eigenvalue weighted by atomic mass is 9.75. The average Bonchev–Trinajstić information content (AvgIpc) is 3.81. The van der Waals surface area contributed by atoms with Crippen LogP contribution < -0.4 is 0 Å². The Morgan fingerprint density at radius 1 is 0.310 bits per heavy atom. The highest BCUT2D eigenvalue weighted by Gasteiger charge is 2.29. The molecule has 334 valence electrons. The molecule has 3 aromatic heterocycles. The minimum absolute atomic E-state index is 0.206. The van der Waals surface area contributed by atoms with E-state index in [0.29, 0.717) is 5.71 Å². The predicted molar refractivity (Wildman–Crippen MR) is 293 cm³/mol. The zero-order valence-electron chi connectivity index (χ0n) is 39.5. The third-order valence-corrected chi connectivity index (χ3v) is 14.7. The molecule has 0 bridgehead atoms.